The molecule has 0 saturated heterocycles. The topological polar surface area (TPSA) is 76.4 Å². The van der Waals surface area contributed by atoms with Crippen molar-refractivity contribution >= 4 is 27.3 Å². The quantitative estimate of drug-likeness (QED) is 0.736. The van der Waals surface area contributed by atoms with Crippen LogP contribution in [0.3, 0.4) is 0 Å². The van der Waals surface area contributed by atoms with Crippen molar-refractivity contribution in [3.05, 3.63) is 58.5 Å². The molecule has 7 heteroatoms. The SMILES string of the molecule is C[C@@H]1[C@H](C)CCC[C@H]1NC(=O)c1ccc(CS(=O)(=O)Cc2ccc(Cl)cc2)o1. The van der Waals surface area contributed by atoms with Crippen LogP contribution in [0.4, 0.5) is 0 Å². The van der Waals surface area contributed by atoms with E-state index in [1.165, 1.54) is 6.42 Å². The summed E-state index contributed by atoms with van der Waals surface area (Å²) in [6.45, 7) is 4.37. The summed E-state index contributed by atoms with van der Waals surface area (Å²) in [4.78, 5) is 12.5. The molecule has 1 amide bonds. The summed E-state index contributed by atoms with van der Waals surface area (Å²) in [5, 5.41) is 3.60. The van der Waals surface area contributed by atoms with Gasteiger partial charge in [-0.3, -0.25) is 4.79 Å². The Labute approximate surface area is 171 Å². The standard InChI is InChI=1S/C21H26ClNO4S/c1-14-4-3-5-19(15(14)2)23-21(24)20-11-10-18(27-20)13-28(25,26)12-16-6-8-17(22)9-7-16/h6-11,14-15,19H,3-5,12-13H2,1-2H3,(H,23,24)/t14-,15-,19-/m1/s1. The number of nitrogens with one attached hydrogen (secondary N) is 1. The Balaban J connectivity index is 1.61. The lowest BCUT2D eigenvalue weighted by Gasteiger charge is -2.34. The molecule has 1 saturated carbocycles. The molecule has 28 heavy (non-hydrogen) atoms. The van der Waals surface area contributed by atoms with Crippen molar-refractivity contribution in [3.63, 3.8) is 0 Å². The monoisotopic (exact) mass is 423 g/mol. The van der Waals surface area contributed by atoms with Crippen molar-refractivity contribution in [2.75, 3.05) is 0 Å². The zero-order chi connectivity index (χ0) is 20.3. The molecule has 3 atom stereocenters. The molecule has 1 heterocycles. The van der Waals surface area contributed by atoms with Crippen molar-refractivity contribution in [2.24, 2.45) is 11.8 Å². The molecular formula is C21H26ClNO4S. The van der Waals surface area contributed by atoms with Gasteiger partial charge in [0.1, 0.15) is 11.5 Å². The summed E-state index contributed by atoms with van der Waals surface area (Å²) < 4.78 is 30.4. The number of hydrogen-bond donors (Lipinski definition) is 1. The van der Waals surface area contributed by atoms with E-state index in [0.717, 1.165) is 12.8 Å². The Morgan fingerprint density at radius 1 is 1.11 bits per heavy atom. The van der Waals surface area contributed by atoms with Crippen LogP contribution in [0.1, 0.15) is 55.0 Å². The number of carbonyl (C=O) groups excluding carboxylic acids is 1. The van der Waals surface area contributed by atoms with E-state index in [9.17, 15) is 13.2 Å². The fraction of sp³-hybridized carbons (Fsp3) is 0.476. The average Bonchev–Trinajstić information content (AvgIpc) is 3.08. The van der Waals surface area contributed by atoms with E-state index >= 15 is 0 Å². The van der Waals surface area contributed by atoms with Gasteiger partial charge < -0.3 is 9.73 Å². The first-order valence-electron chi connectivity index (χ1n) is 9.58. The fourth-order valence-electron chi connectivity index (χ4n) is 3.71. The third-order valence-electron chi connectivity index (χ3n) is 5.57. The number of furan rings is 1. The molecule has 1 fully saturated rings. The van der Waals surface area contributed by atoms with Gasteiger partial charge in [0.15, 0.2) is 15.6 Å². The summed E-state index contributed by atoms with van der Waals surface area (Å²) in [5.74, 6) is 0.763. The predicted octanol–water partition coefficient (Wildman–Crippen LogP) is 4.60. The predicted molar refractivity (Wildman–Crippen MR) is 110 cm³/mol. The average molecular weight is 424 g/mol. The van der Waals surface area contributed by atoms with Crippen molar-refractivity contribution in [1.29, 1.82) is 0 Å². The van der Waals surface area contributed by atoms with E-state index in [1.54, 1.807) is 36.4 Å². The highest BCUT2D eigenvalue weighted by molar-refractivity contribution is 7.89. The highest BCUT2D eigenvalue weighted by atomic mass is 35.5. The summed E-state index contributed by atoms with van der Waals surface area (Å²) in [6, 6.07) is 9.92. The van der Waals surface area contributed by atoms with Gasteiger partial charge in [0.2, 0.25) is 0 Å². The van der Waals surface area contributed by atoms with Gasteiger partial charge in [-0.2, -0.15) is 0 Å². The lowest BCUT2D eigenvalue weighted by molar-refractivity contribution is 0.0861. The van der Waals surface area contributed by atoms with Crippen LogP contribution in [0, 0.1) is 11.8 Å². The maximum atomic E-state index is 12.5. The lowest BCUT2D eigenvalue weighted by Crippen LogP contribution is -2.43. The molecule has 1 N–H and O–H groups in total. The van der Waals surface area contributed by atoms with Gasteiger partial charge in [0, 0.05) is 11.1 Å². The molecule has 2 aromatic rings. The number of halogens is 1. The summed E-state index contributed by atoms with van der Waals surface area (Å²) in [7, 11) is -3.42. The van der Waals surface area contributed by atoms with Gasteiger partial charge in [-0.15, -0.1) is 0 Å². The van der Waals surface area contributed by atoms with Gasteiger partial charge in [0.05, 0.1) is 5.75 Å². The van der Waals surface area contributed by atoms with Crippen molar-refractivity contribution in [1.82, 2.24) is 5.32 Å². The van der Waals surface area contributed by atoms with Crippen LogP contribution >= 0.6 is 11.6 Å². The minimum absolute atomic E-state index is 0.107. The van der Waals surface area contributed by atoms with E-state index in [2.05, 4.69) is 19.2 Å². The number of carbonyl (C=O) groups is 1. The van der Waals surface area contributed by atoms with E-state index < -0.39 is 9.84 Å². The molecule has 0 aliphatic heterocycles. The van der Waals surface area contributed by atoms with E-state index in [4.69, 9.17) is 16.0 Å². The Morgan fingerprint density at radius 3 is 2.54 bits per heavy atom. The second kappa shape index (κ2) is 8.70. The number of sulfone groups is 1. The maximum absolute atomic E-state index is 12.5. The largest absolute Gasteiger partial charge is 0.455 e. The normalized spacial score (nSPS) is 22.8. The Kier molecular flexibility index (Phi) is 6.50. The maximum Gasteiger partial charge on any atom is 0.287 e. The Bertz CT molecular complexity index is 920. The van der Waals surface area contributed by atoms with Crippen LogP contribution in [0.2, 0.25) is 5.02 Å². The highest BCUT2D eigenvalue weighted by Gasteiger charge is 2.29. The number of benzene rings is 1. The molecule has 1 aliphatic carbocycles. The van der Waals surface area contributed by atoms with Crippen molar-refractivity contribution in [3.8, 4) is 0 Å². The zero-order valence-electron chi connectivity index (χ0n) is 16.2. The number of hydrogen-bond acceptors (Lipinski definition) is 4. The molecule has 3 rings (SSSR count). The van der Waals surface area contributed by atoms with Crippen molar-refractivity contribution < 1.29 is 17.6 Å². The van der Waals surface area contributed by atoms with Gasteiger partial charge in [-0.25, -0.2) is 8.42 Å². The lowest BCUT2D eigenvalue weighted by atomic mass is 9.78. The van der Waals surface area contributed by atoms with Crippen LogP contribution in [0.5, 0.6) is 0 Å². The molecule has 0 spiro atoms. The van der Waals surface area contributed by atoms with Crippen LogP contribution in [0.25, 0.3) is 0 Å². The van der Waals surface area contributed by atoms with Crippen LogP contribution in [-0.2, 0) is 21.3 Å². The van der Waals surface area contributed by atoms with Gasteiger partial charge >= 0.3 is 0 Å². The van der Waals surface area contributed by atoms with Crippen LogP contribution in [0.15, 0.2) is 40.8 Å². The second-order valence-electron chi connectivity index (χ2n) is 7.77. The van der Waals surface area contributed by atoms with Gasteiger partial charge in [-0.1, -0.05) is 50.4 Å². The van der Waals surface area contributed by atoms with E-state index in [0.29, 0.717) is 22.4 Å². The summed E-state index contributed by atoms with van der Waals surface area (Å²) in [5.41, 5.74) is 0.661. The smallest absolute Gasteiger partial charge is 0.287 e. The van der Waals surface area contributed by atoms with Crippen molar-refractivity contribution in [2.45, 2.75) is 50.7 Å². The molecule has 1 aromatic heterocycles. The van der Waals surface area contributed by atoms with E-state index in [-0.39, 0.29) is 35.0 Å². The molecule has 1 aliphatic rings. The Morgan fingerprint density at radius 2 is 1.82 bits per heavy atom. The van der Waals surface area contributed by atoms with Crippen LogP contribution < -0.4 is 5.32 Å². The first-order chi connectivity index (χ1) is 13.2. The minimum atomic E-state index is -3.42. The van der Waals surface area contributed by atoms with Gasteiger partial charge in [-0.05, 0) is 48.1 Å². The highest BCUT2D eigenvalue weighted by Crippen LogP contribution is 2.29. The first-order valence-corrected chi connectivity index (χ1v) is 11.8. The second-order valence-corrected chi connectivity index (χ2v) is 10.3. The molecule has 0 radical (unpaired) electrons. The number of amides is 1. The van der Waals surface area contributed by atoms with Gasteiger partial charge in [0.25, 0.3) is 5.91 Å². The summed E-state index contributed by atoms with van der Waals surface area (Å²) >= 11 is 5.83. The van der Waals surface area contributed by atoms with E-state index in [1.807, 2.05) is 0 Å². The first kappa shape index (κ1) is 20.9. The molecule has 1 aromatic carbocycles. The third kappa shape index (κ3) is 5.39. The summed E-state index contributed by atoms with van der Waals surface area (Å²) in [6.07, 6.45) is 3.24. The molecular weight excluding hydrogens is 398 g/mol. The fourth-order valence-corrected chi connectivity index (χ4v) is 5.22. The Hall–Kier alpha value is -1.79. The molecule has 152 valence electrons. The third-order valence-corrected chi connectivity index (χ3v) is 7.32. The van der Waals surface area contributed by atoms with Crippen LogP contribution in [-0.4, -0.2) is 20.4 Å². The minimum Gasteiger partial charge on any atom is -0.455 e. The zero-order valence-corrected chi connectivity index (χ0v) is 17.7. The number of rotatable bonds is 6. The molecule has 0 bridgehead atoms. The molecule has 0 unspecified atom stereocenters. The molecule has 5 nitrogen and oxygen atoms in total.